The number of aromatic nitrogens is 4. The molecule has 4 N–H and O–H groups in total. The number of amides is 1. The van der Waals surface area contributed by atoms with E-state index in [1.54, 1.807) is 0 Å². The highest BCUT2D eigenvalue weighted by Gasteiger charge is 2.31. The Kier molecular flexibility index (Phi) is 5.62. The van der Waals surface area contributed by atoms with Crippen LogP contribution in [0.4, 0.5) is 0 Å². The molecule has 25 heavy (non-hydrogen) atoms. The molecule has 1 aromatic heterocycles. The zero-order valence-corrected chi connectivity index (χ0v) is 14.3. The van der Waals surface area contributed by atoms with Crippen molar-refractivity contribution >= 4 is 11.9 Å². The van der Waals surface area contributed by atoms with E-state index in [9.17, 15) is 9.59 Å². The maximum absolute atomic E-state index is 11.9. The molecule has 1 aromatic rings. The van der Waals surface area contributed by atoms with Crippen LogP contribution in [0.15, 0.2) is 0 Å². The molecule has 0 bridgehead atoms. The Morgan fingerprint density at radius 3 is 2.48 bits per heavy atom. The number of carbonyl (C=O) groups is 2. The average Bonchev–Trinajstić information content (AvgIpc) is 3.10. The van der Waals surface area contributed by atoms with Crippen LogP contribution in [0.2, 0.25) is 0 Å². The first kappa shape index (κ1) is 17.8. The molecule has 0 aromatic carbocycles. The zero-order valence-electron chi connectivity index (χ0n) is 14.3. The van der Waals surface area contributed by atoms with Gasteiger partial charge in [-0.1, -0.05) is 0 Å². The van der Waals surface area contributed by atoms with E-state index in [4.69, 9.17) is 10.8 Å². The lowest BCUT2D eigenvalue weighted by Gasteiger charge is -2.25. The van der Waals surface area contributed by atoms with Crippen molar-refractivity contribution in [2.45, 2.75) is 56.9 Å². The first-order valence-corrected chi connectivity index (χ1v) is 9.07. The zero-order chi connectivity index (χ0) is 17.8. The molecule has 2 aliphatic rings. The maximum Gasteiger partial charge on any atom is 0.306 e. The second kappa shape index (κ2) is 7.90. The fourth-order valence-electron chi connectivity index (χ4n) is 3.89. The number of hydrogen-bond donors (Lipinski definition) is 3. The number of hydrogen-bond acceptors (Lipinski definition) is 6. The molecule has 1 saturated carbocycles. The van der Waals surface area contributed by atoms with Gasteiger partial charge < -0.3 is 16.2 Å². The van der Waals surface area contributed by atoms with Gasteiger partial charge in [-0.05, 0) is 69.2 Å². The van der Waals surface area contributed by atoms with Crippen LogP contribution in [0.25, 0.3) is 0 Å². The first-order chi connectivity index (χ1) is 12.0. The van der Waals surface area contributed by atoms with E-state index in [2.05, 4.69) is 20.7 Å². The minimum Gasteiger partial charge on any atom is -0.481 e. The van der Waals surface area contributed by atoms with E-state index in [0.29, 0.717) is 31.0 Å². The predicted octanol–water partition coefficient (Wildman–Crippen LogP) is 0.448. The molecule has 1 aliphatic heterocycles. The number of nitrogens with one attached hydrogen (secondary N) is 1. The Balaban J connectivity index is 1.64. The summed E-state index contributed by atoms with van der Waals surface area (Å²) in [5.74, 6) is -0.302. The van der Waals surface area contributed by atoms with E-state index in [0.717, 1.165) is 38.8 Å². The summed E-state index contributed by atoms with van der Waals surface area (Å²) in [7, 11) is 0. The van der Waals surface area contributed by atoms with Crippen molar-refractivity contribution in [3.63, 3.8) is 0 Å². The van der Waals surface area contributed by atoms with E-state index in [1.165, 1.54) is 4.80 Å². The highest BCUT2D eigenvalue weighted by atomic mass is 16.4. The number of carbonyl (C=O) groups excluding carboxylic acids is 1. The molecule has 3 rings (SSSR count). The molecule has 1 aliphatic carbocycles. The van der Waals surface area contributed by atoms with Crippen LogP contribution >= 0.6 is 0 Å². The van der Waals surface area contributed by atoms with E-state index in [1.807, 2.05) is 0 Å². The van der Waals surface area contributed by atoms with Crippen LogP contribution in [-0.4, -0.2) is 50.3 Å². The molecule has 2 heterocycles. The summed E-state index contributed by atoms with van der Waals surface area (Å²) in [4.78, 5) is 24.3. The summed E-state index contributed by atoms with van der Waals surface area (Å²) in [6.07, 6.45) is 5.40. The summed E-state index contributed by atoms with van der Waals surface area (Å²) in [6.45, 7) is 1.91. The van der Waals surface area contributed by atoms with Crippen molar-refractivity contribution in [2.75, 3.05) is 13.1 Å². The lowest BCUT2D eigenvalue weighted by Crippen LogP contribution is -2.34. The van der Waals surface area contributed by atoms with Gasteiger partial charge in [0, 0.05) is 5.92 Å². The molecule has 1 unspecified atom stereocenters. The summed E-state index contributed by atoms with van der Waals surface area (Å²) < 4.78 is 0. The average molecular weight is 350 g/mol. The third kappa shape index (κ3) is 4.33. The molecule has 1 amide bonds. The minimum absolute atomic E-state index is 0.108. The van der Waals surface area contributed by atoms with Crippen molar-refractivity contribution in [3.8, 4) is 0 Å². The van der Waals surface area contributed by atoms with Crippen LogP contribution in [-0.2, 0) is 9.59 Å². The fraction of sp³-hybridized carbons (Fsp3) is 0.812. The van der Waals surface area contributed by atoms with Gasteiger partial charge in [0.25, 0.3) is 0 Å². The largest absolute Gasteiger partial charge is 0.481 e. The van der Waals surface area contributed by atoms with Gasteiger partial charge in [-0.3, -0.25) is 9.59 Å². The summed E-state index contributed by atoms with van der Waals surface area (Å²) in [6, 6.07) is -0.570. The lowest BCUT2D eigenvalue weighted by atomic mass is 9.82. The fourth-order valence-corrected chi connectivity index (χ4v) is 3.89. The number of tetrazole rings is 1. The molecule has 2 fully saturated rings. The normalized spacial score (nSPS) is 26.2. The molecule has 9 heteroatoms. The summed E-state index contributed by atoms with van der Waals surface area (Å²) in [5, 5.41) is 25.0. The number of rotatable bonds is 6. The van der Waals surface area contributed by atoms with Gasteiger partial charge in [0.15, 0.2) is 11.9 Å². The van der Waals surface area contributed by atoms with Crippen LogP contribution in [0, 0.1) is 11.8 Å². The number of primary amides is 1. The van der Waals surface area contributed by atoms with Gasteiger partial charge in [0.05, 0.1) is 5.92 Å². The minimum atomic E-state index is -0.731. The van der Waals surface area contributed by atoms with Gasteiger partial charge in [-0.25, -0.2) is 0 Å². The van der Waals surface area contributed by atoms with Crippen molar-refractivity contribution < 1.29 is 14.7 Å². The van der Waals surface area contributed by atoms with Crippen molar-refractivity contribution in [1.82, 2.24) is 25.5 Å². The third-order valence-corrected chi connectivity index (χ3v) is 5.51. The Bertz CT molecular complexity index is 605. The molecule has 1 saturated heterocycles. The van der Waals surface area contributed by atoms with Crippen LogP contribution in [0.3, 0.4) is 0 Å². The van der Waals surface area contributed by atoms with Gasteiger partial charge in [-0.2, -0.15) is 4.80 Å². The smallest absolute Gasteiger partial charge is 0.306 e. The second-order valence-electron chi connectivity index (χ2n) is 7.20. The Hall–Kier alpha value is -2.03. The number of carboxylic acid groups (broad SMARTS) is 1. The summed E-state index contributed by atoms with van der Waals surface area (Å²) >= 11 is 0. The highest BCUT2D eigenvalue weighted by molar-refractivity contribution is 5.78. The maximum atomic E-state index is 11.9. The third-order valence-electron chi connectivity index (χ3n) is 5.51. The second-order valence-corrected chi connectivity index (χ2v) is 7.20. The standard InChI is InChI=1S/C16H26N6O3/c17-14(23)13(9-10-5-7-18-8-6-10)22-20-15(19-21-22)11-1-3-12(4-2-11)16(24)25/h10-13,18H,1-9H2,(H2,17,23)(H,24,25). The number of carboxylic acids is 1. The van der Waals surface area contributed by atoms with E-state index in [-0.39, 0.29) is 11.8 Å². The molecular weight excluding hydrogens is 324 g/mol. The van der Waals surface area contributed by atoms with Crippen molar-refractivity contribution in [1.29, 1.82) is 0 Å². The molecule has 0 spiro atoms. The van der Waals surface area contributed by atoms with Crippen LogP contribution in [0.1, 0.15) is 62.7 Å². The van der Waals surface area contributed by atoms with Crippen molar-refractivity contribution in [3.05, 3.63) is 5.82 Å². The molecule has 1 atom stereocenters. The molecule has 9 nitrogen and oxygen atoms in total. The van der Waals surface area contributed by atoms with Crippen molar-refractivity contribution in [2.24, 2.45) is 17.6 Å². The SMILES string of the molecule is NC(=O)C(CC1CCNCC1)n1nnc(C2CCC(C(=O)O)CC2)n1. The number of piperidine rings is 1. The van der Waals surface area contributed by atoms with Crippen LogP contribution in [0.5, 0.6) is 0 Å². The number of nitrogens with two attached hydrogens (primary N) is 1. The Morgan fingerprint density at radius 1 is 1.20 bits per heavy atom. The molecule has 0 radical (unpaired) electrons. The Morgan fingerprint density at radius 2 is 1.88 bits per heavy atom. The van der Waals surface area contributed by atoms with Gasteiger partial charge in [0.1, 0.15) is 0 Å². The predicted molar refractivity (Wildman–Crippen MR) is 88.6 cm³/mol. The molecular formula is C16H26N6O3. The van der Waals surface area contributed by atoms with Gasteiger partial charge in [-0.15, -0.1) is 10.2 Å². The monoisotopic (exact) mass is 350 g/mol. The van der Waals surface area contributed by atoms with Crippen LogP contribution < -0.4 is 11.1 Å². The lowest BCUT2D eigenvalue weighted by molar-refractivity contribution is -0.142. The summed E-state index contributed by atoms with van der Waals surface area (Å²) in [5.41, 5.74) is 5.58. The van der Waals surface area contributed by atoms with Gasteiger partial charge in [0.2, 0.25) is 5.91 Å². The number of nitrogens with zero attached hydrogens (tertiary/aromatic N) is 4. The number of aliphatic carboxylic acids is 1. The van der Waals surface area contributed by atoms with E-state index < -0.39 is 17.9 Å². The van der Waals surface area contributed by atoms with E-state index >= 15 is 0 Å². The van der Waals surface area contributed by atoms with Gasteiger partial charge >= 0.3 is 5.97 Å². The highest BCUT2D eigenvalue weighted by Crippen LogP contribution is 2.34. The quantitative estimate of drug-likeness (QED) is 0.677. The first-order valence-electron chi connectivity index (χ1n) is 9.07. The topological polar surface area (TPSA) is 136 Å². The Labute approximate surface area is 146 Å². The molecule has 138 valence electrons.